The van der Waals surface area contributed by atoms with E-state index in [1.54, 1.807) is 24.3 Å². The van der Waals surface area contributed by atoms with E-state index in [9.17, 15) is 18.0 Å². The second-order valence-electron chi connectivity index (χ2n) is 5.86. The van der Waals surface area contributed by atoms with Crippen molar-refractivity contribution in [3.05, 3.63) is 63.6 Å². The summed E-state index contributed by atoms with van der Waals surface area (Å²) in [7, 11) is -2.47. The van der Waals surface area contributed by atoms with Crippen LogP contribution in [0.2, 0.25) is 10.0 Å². The smallest absolute Gasteiger partial charge is 0.339 e. The van der Waals surface area contributed by atoms with Gasteiger partial charge in [0.2, 0.25) is 15.9 Å². The van der Waals surface area contributed by atoms with E-state index < -0.39 is 28.4 Å². The first-order valence-corrected chi connectivity index (χ1v) is 10.6. The summed E-state index contributed by atoms with van der Waals surface area (Å²) < 4.78 is 29.8. The van der Waals surface area contributed by atoms with Crippen LogP contribution in [0.5, 0.6) is 0 Å². The molecule has 0 atom stereocenters. The van der Waals surface area contributed by atoms with Crippen LogP contribution in [0, 0.1) is 0 Å². The molecule has 0 spiro atoms. The lowest BCUT2D eigenvalue weighted by atomic mass is 10.2. The molecule has 1 amide bonds. The van der Waals surface area contributed by atoms with Gasteiger partial charge in [-0.3, -0.25) is 4.79 Å². The molecule has 0 radical (unpaired) electrons. The Bertz CT molecular complexity index is 995. The number of rotatable bonds is 7. The summed E-state index contributed by atoms with van der Waals surface area (Å²) in [6, 6.07) is 11.0. The molecule has 0 bridgehead atoms. The highest BCUT2D eigenvalue weighted by atomic mass is 35.5. The third-order valence-electron chi connectivity index (χ3n) is 3.75. The number of carbonyl (C=O) groups is 2. The highest BCUT2D eigenvalue weighted by molar-refractivity contribution is 7.88. The molecule has 1 N–H and O–H groups in total. The Morgan fingerprint density at radius 1 is 1.11 bits per heavy atom. The van der Waals surface area contributed by atoms with Crippen molar-refractivity contribution >= 4 is 50.8 Å². The fraction of sp³-hybridized carbons (Fsp3) is 0.222. The summed E-state index contributed by atoms with van der Waals surface area (Å²) in [5.41, 5.74) is 0.931. The van der Waals surface area contributed by atoms with E-state index in [4.69, 9.17) is 23.2 Å². The molecule has 10 heteroatoms. The van der Waals surface area contributed by atoms with Gasteiger partial charge in [0, 0.05) is 17.3 Å². The molecule has 0 unspecified atom stereocenters. The van der Waals surface area contributed by atoms with Gasteiger partial charge in [-0.15, -0.1) is 0 Å². The van der Waals surface area contributed by atoms with Gasteiger partial charge in [-0.25, -0.2) is 13.2 Å². The number of hydrogen-bond donors (Lipinski definition) is 1. The maximum absolute atomic E-state index is 12.4. The van der Waals surface area contributed by atoms with E-state index >= 15 is 0 Å². The number of amides is 1. The van der Waals surface area contributed by atoms with Gasteiger partial charge in [0.25, 0.3) is 0 Å². The fourth-order valence-electron chi connectivity index (χ4n) is 2.34. The topological polar surface area (TPSA) is 92.8 Å². The third-order valence-corrected chi connectivity index (χ3v) is 5.64. The summed E-state index contributed by atoms with van der Waals surface area (Å²) in [4.78, 5) is 24.1. The molecule has 0 saturated carbocycles. The van der Waals surface area contributed by atoms with Crippen LogP contribution >= 0.6 is 23.2 Å². The number of nitrogens with zero attached hydrogens (tertiary/aromatic N) is 1. The molecule has 2 aromatic carbocycles. The number of anilines is 1. The van der Waals surface area contributed by atoms with Gasteiger partial charge < -0.3 is 10.1 Å². The number of halogens is 2. The summed E-state index contributed by atoms with van der Waals surface area (Å²) in [6.45, 7) is -0.486. The van der Waals surface area contributed by atoms with Gasteiger partial charge in [-0.05, 0) is 29.8 Å². The molecule has 0 fully saturated rings. The molecule has 28 heavy (non-hydrogen) atoms. The Morgan fingerprint density at radius 3 is 2.39 bits per heavy atom. The van der Waals surface area contributed by atoms with Gasteiger partial charge in [-0.2, -0.15) is 4.31 Å². The van der Waals surface area contributed by atoms with Crippen LogP contribution in [0.3, 0.4) is 0 Å². The van der Waals surface area contributed by atoms with Crippen molar-refractivity contribution in [2.24, 2.45) is 0 Å². The molecule has 0 aromatic heterocycles. The molecule has 0 aliphatic heterocycles. The largest absolute Gasteiger partial charge is 0.465 e. The van der Waals surface area contributed by atoms with E-state index in [0.717, 1.165) is 10.6 Å². The lowest BCUT2D eigenvalue weighted by molar-refractivity contribution is -0.116. The Kier molecular flexibility index (Phi) is 7.42. The lowest BCUT2D eigenvalue weighted by Crippen LogP contribution is -2.37. The standard InChI is InChI=1S/C18H18Cl2N2O5S/c1-27-18(24)14-9-13(7-8-16(14)20)21-17(23)11-22(28(2,25)26)10-12-5-3-4-6-15(12)19/h3-9H,10-11H2,1-2H3,(H,21,23). The summed E-state index contributed by atoms with van der Waals surface area (Å²) in [6.07, 6.45) is 1.01. The van der Waals surface area contributed by atoms with Crippen LogP contribution in [0.25, 0.3) is 0 Å². The maximum atomic E-state index is 12.4. The van der Waals surface area contributed by atoms with Crippen LogP contribution in [-0.2, 0) is 26.1 Å². The Morgan fingerprint density at radius 2 is 1.79 bits per heavy atom. The predicted octanol–water partition coefficient (Wildman–Crippen LogP) is 3.18. The number of methoxy groups -OCH3 is 1. The van der Waals surface area contributed by atoms with Gasteiger partial charge in [0.1, 0.15) is 0 Å². The molecule has 2 aromatic rings. The van der Waals surface area contributed by atoms with Crippen LogP contribution in [0.1, 0.15) is 15.9 Å². The fourth-order valence-corrected chi connectivity index (χ4v) is 3.45. The van der Waals surface area contributed by atoms with E-state index in [-0.39, 0.29) is 22.8 Å². The van der Waals surface area contributed by atoms with Crippen LogP contribution < -0.4 is 5.32 Å². The average Bonchev–Trinajstić information content (AvgIpc) is 2.63. The van der Waals surface area contributed by atoms with Crippen molar-refractivity contribution in [2.45, 2.75) is 6.54 Å². The monoisotopic (exact) mass is 444 g/mol. The first kappa shape index (κ1) is 22.2. The Balaban J connectivity index is 2.16. The minimum Gasteiger partial charge on any atom is -0.465 e. The van der Waals surface area contributed by atoms with E-state index in [1.165, 1.54) is 25.3 Å². The zero-order chi connectivity index (χ0) is 20.9. The summed E-state index contributed by atoms with van der Waals surface area (Å²) in [5, 5.41) is 3.11. The molecule has 0 aliphatic carbocycles. The third kappa shape index (κ3) is 5.93. The van der Waals surface area contributed by atoms with Gasteiger partial charge in [-0.1, -0.05) is 41.4 Å². The highest BCUT2D eigenvalue weighted by Gasteiger charge is 2.22. The number of esters is 1. The predicted molar refractivity (Wildman–Crippen MR) is 108 cm³/mol. The molecule has 0 heterocycles. The second kappa shape index (κ2) is 9.38. The number of ether oxygens (including phenoxy) is 1. The Labute approximate surface area is 173 Å². The molecule has 0 saturated heterocycles. The average molecular weight is 445 g/mol. The van der Waals surface area contributed by atoms with Crippen molar-refractivity contribution in [2.75, 3.05) is 25.2 Å². The molecule has 150 valence electrons. The lowest BCUT2D eigenvalue weighted by Gasteiger charge is -2.20. The first-order chi connectivity index (χ1) is 13.1. The molecule has 7 nitrogen and oxygen atoms in total. The maximum Gasteiger partial charge on any atom is 0.339 e. The SMILES string of the molecule is COC(=O)c1cc(NC(=O)CN(Cc2ccccc2Cl)S(C)(=O)=O)ccc1Cl. The van der Waals surface area contributed by atoms with Crippen LogP contribution in [0.4, 0.5) is 5.69 Å². The van der Waals surface area contributed by atoms with E-state index in [0.29, 0.717) is 10.6 Å². The van der Waals surface area contributed by atoms with Gasteiger partial charge >= 0.3 is 5.97 Å². The zero-order valence-corrected chi connectivity index (χ0v) is 17.4. The van der Waals surface area contributed by atoms with Crippen molar-refractivity contribution < 1.29 is 22.7 Å². The summed E-state index contributed by atoms with van der Waals surface area (Å²) >= 11 is 12.0. The van der Waals surface area contributed by atoms with Crippen molar-refractivity contribution in [3.8, 4) is 0 Å². The minimum absolute atomic E-state index is 0.0556. The van der Waals surface area contributed by atoms with Crippen molar-refractivity contribution in [3.63, 3.8) is 0 Å². The molecule has 0 aliphatic rings. The number of sulfonamides is 1. The molecular formula is C18H18Cl2N2O5S. The van der Waals surface area contributed by atoms with Crippen LogP contribution in [0.15, 0.2) is 42.5 Å². The molecule has 2 rings (SSSR count). The normalized spacial score (nSPS) is 11.3. The number of benzene rings is 2. The zero-order valence-electron chi connectivity index (χ0n) is 15.1. The first-order valence-electron chi connectivity index (χ1n) is 7.98. The van der Waals surface area contributed by atoms with E-state index in [2.05, 4.69) is 10.1 Å². The molecular weight excluding hydrogens is 427 g/mol. The Hall–Kier alpha value is -2.13. The highest BCUT2D eigenvalue weighted by Crippen LogP contribution is 2.22. The van der Waals surface area contributed by atoms with Gasteiger partial charge in [0.05, 0.1) is 30.5 Å². The van der Waals surface area contributed by atoms with Crippen LogP contribution in [-0.4, -0.2) is 44.5 Å². The summed E-state index contributed by atoms with van der Waals surface area (Å²) in [5.74, 6) is -1.24. The van der Waals surface area contributed by atoms with E-state index in [1.807, 2.05) is 0 Å². The number of hydrogen-bond acceptors (Lipinski definition) is 5. The van der Waals surface area contributed by atoms with Crippen molar-refractivity contribution in [1.29, 1.82) is 0 Å². The quantitative estimate of drug-likeness (QED) is 0.661. The minimum atomic E-state index is -3.68. The number of carbonyl (C=O) groups excluding carboxylic acids is 2. The van der Waals surface area contributed by atoms with Gasteiger partial charge in [0.15, 0.2) is 0 Å². The van der Waals surface area contributed by atoms with Crippen molar-refractivity contribution in [1.82, 2.24) is 4.31 Å². The second-order valence-corrected chi connectivity index (χ2v) is 8.65. The number of nitrogens with one attached hydrogen (secondary N) is 1.